The van der Waals surface area contributed by atoms with Crippen molar-refractivity contribution >= 4 is 34.0 Å². The first kappa shape index (κ1) is 18.4. The van der Waals surface area contributed by atoms with Crippen LogP contribution in [0.25, 0.3) is 10.9 Å². The van der Waals surface area contributed by atoms with Crippen LogP contribution in [0.1, 0.15) is 52.9 Å². The lowest BCUT2D eigenvalue weighted by molar-refractivity contribution is 0.0694. The van der Waals surface area contributed by atoms with Crippen molar-refractivity contribution in [2.45, 2.75) is 38.3 Å². The van der Waals surface area contributed by atoms with Crippen LogP contribution in [0.15, 0.2) is 11.0 Å². The van der Waals surface area contributed by atoms with Crippen LogP contribution in [0.2, 0.25) is 0 Å². The fraction of sp³-hybridized carbons (Fsp3) is 0.421. The molecule has 1 saturated heterocycles. The van der Waals surface area contributed by atoms with E-state index in [-0.39, 0.29) is 34.2 Å². The van der Waals surface area contributed by atoms with Crippen LogP contribution < -0.4 is 21.8 Å². The normalized spacial score (nSPS) is 19.4. The van der Waals surface area contributed by atoms with Crippen molar-refractivity contribution in [1.82, 2.24) is 4.57 Å². The van der Waals surface area contributed by atoms with E-state index in [9.17, 15) is 19.5 Å². The molecule has 1 aliphatic carbocycles. The number of nitrogen functional groups attached to an aromatic ring is 1. The number of hydrogen-bond acceptors (Lipinski definition) is 6. The lowest BCUT2D eigenvalue weighted by Crippen LogP contribution is -2.30. The number of carboxylic acid groups (broad SMARTS) is 1. The third kappa shape index (κ3) is 2.65. The van der Waals surface area contributed by atoms with Gasteiger partial charge >= 0.3 is 5.97 Å². The van der Waals surface area contributed by atoms with Gasteiger partial charge in [0.15, 0.2) is 11.6 Å². The first-order valence-corrected chi connectivity index (χ1v) is 9.16. The Balaban J connectivity index is 2.18. The molecule has 1 aromatic carbocycles. The number of halogens is 1. The van der Waals surface area contributed by atoms with E-state index >= 15 is 4.39 Å². The molecular formula is C19H21FN4O4. The quantitative estimate of drug-likeness (QED) is 0.534. The molecule has 0 spiro atoms. The molecule has 148 valence electrons. The summed E-state index contributed by atoms with van der Waals surface area (Å²) in [7, 11) is 0. The molecule has 2 fully saturated rings. The Morgan fingerprint density at radius 1 is 1.29 bits per heavy atom. The minimum Gasteiger partial charge on any atom is -0.477 e. The molecule has 2 aromatic rings. The largest absolute Gasteiger partial charge is 0.477 e. The number of carboxylic acids is 1. The van der Waals surface area contributed by atoms with Gasteiger partial charge in [-0.25, -0.2) is 9.18 Å². The van der Waals surface area contributed by atoms with Crippen molar-refractivity contribution in [3.8, 4) is 0 Å². The molecule has 8 nitrogen and oxygen atoms in total. The van der Waals surface area contributed by atoms with Crippen LogP contribution in [0.5, 0.6) is 0 Å². The predicted octanol–water partition coefficient (Wildman–Crippen LogP) is 1.50. The molecule has 2 heterocycles. The summed E-state index contributed by atoms with van der Waals surface area (Å²) < 4.78 is 16.9. The van der Waals surface area contributed by atoms with Gasteiger partial charge in [-0.05, 0) is 26.2 Å². The number of Topliss-reactive ketones (excluding diaryl/α,β-unsaturated/α-hetero) is 1. The number of anilines is 2. The number of carbonyl (C=O) groups is 2. The third-order valence-electron chi connectivity index (χ3n) is 5.49. The van der Waals surface area contributed by atoms with Gasteiger partial charge in [-0.1, -0.05) is 0 Å². The summed E-state index contributed by atoms with van der Waals surface area (Å²) in [5.41, 5.74) is 10.4. The highest BCUT2D eigenvalue weighted by Gasteiger charge is 2.34. The van der Waals surface area contributed by atoms with Crippen LogP contribution in [-0.2, 0) is 0 Å². The SMILES string of the molecule is CC(=O)c1c(N2CCC(N)C2)c(F)c(N)c2c(=O)c(C(=O)O)cn(C3CC3)c12. The maximum absolute atomic E-state index is 15.3. The number of carbonyl (C=O) groups excluding carboxylic acids is 1. The maximum Gasteiger partial charge on any atom is 0.341 e. The van der Waals surface area contributed by atoms with Crippen molar-refractivity contribution < 1.29 is 19.1 Å². The summed E-state index contributed by atoms with van der Waals surface area (Å²) in [5, 5.41) is 9.16. The Labute approximate surface area is 159 Å². The second-order valence-electron chi connectivity index (χ2n) is 7.54. The van der Waals surface area contributed by atoms with E-state index in [1.54, 1.807) is 9.47 Å². The highest BCUT2D eigenvalue weighted by molar-refractivity contribution is 6.14. The van der Waals surface area contributed by atoms with Crippen molar-refractivity contribution in [1.29, 1.82) is 0 Å². The Bertz CT molecular complexity index is 1090. The van der Waals surface area contributed by atoms with Gasteiger partial charge in [0, 0.05) is 31.4 Å². The van der Waals surface area contributed by atoms with Gasteiger partial charge < -0.3 is 26.0 Å². The molecule has 0 amide bonds. The van der Waals surface area contributed by atoms with Crippen LogP contribution in [0, 0.1) is 5.82 Å². The topological polar surface area (TPSA) is 132 Å². The van der Waals surface area contributed by atoms with Crippen LogP contribution in [0.4, 0.5) is 15.8 Å². The van der Waals surface area contributed by atoms with Gasteiger partial charge in [0.05, 0.1) is 27.8 Å². The number of hydrogen-bond donors (Lipinski definition) is 3. The Morgan fingerprint density at radius 2 is 1.96 bits per heavy atom. The fourth-order valence-corrected chi connectivity index (χ4v) is 4.01. The molecule has 1 unspecified atom stereocenters. The zero-order valence-electron chi connectivity index (χ0n) is 15.4. The lowest BCUT2D eigenvalue weighted by Gasteiger charge is -2.25. The summed E-state index contributed by atoms with van der Waals surface area (Å²) in [5.74, 6) is -2.72. The Morgan fingerprint density at radius 3 is 2.46 bits per heavy atom. The molecule has 9 heteroatoms. The number of nitrogens with two attached hydrogens (primary N) is 2. The van der Waals surface area contributed by atoms with E-state index < -0.39 is 34.2 Å². The summed E-state index contributed by atoms with van der Waals surface area (Å²) in [6, 6.07) is -0.214. The summed E-state index contributed by atoms with van der Waals surface area (Å²) >= 11 is 0. The zero-order chi connectivity index (χ0) is 20.3. The first-order chi connectivity index (χ1) is 13.2. The number of rotatable bonds is 4. The monoisotopic (exact) mass is 388 g/mol. The van der Waals surface area contributed by atoms with Crippen molar-refractivity contribution in [2.75, 3.05) is 23.7 Å². The lowest BCUT2D eigenvalue weighted by atomic mass is 9.98. The van der Waals surface area contributed by atoms with E-state index in [4.69, 9.17) is 11.5 Å². The number of nitrogens with zero attached hydrogens (tertiary/aromatic N) is 2. The maximum atomic E-state index is 15.3. The van der Waals surface area contributed by atoms with E-state index in [2.05, 4.69) is 0 Å². The smallest absolute Gasteiger partial charge is 0.341 e. The number of aromatic nitrogens is 1. The molecule has 1 atom stereocenters. The third-order valence-corrected chi connectivity index (χ3v) is 5.49. The Hall–Kier alpha value is -2.94. The fourth-order valence-electron chi connectivity index (χ4n) is 4.01. The minimum absolute atomic E-state index is 0.0438. The zero-order valence-corrected chi connectivity index (χ0v) is 15.4. The average Bonchev–Trinajstić information content (AvgIpc) is 3.38. The van der Waals surface area contributed by atoms with Gasteiger partial charge in [0.25, 0.3) is 0 Å². The Kier molecular flexibility index (Phi) is 4.15. The van der Waals surface area contributed by atoms with Gasteiger partial charge in [0.2, 0.25) is 5.43 Å². The van der Waals surface area contributed by atoms with Gasteiger partial charge in [-0.15, -0.1) is 0 Å². The van der Waals surface area contributed by atoms with Gasteiger partial charge in [0.1, 0.15) is 5.56 Å². The van der Waals surface area contributed by atoms with Crippen LogP contribution in [-0.4, -0.2) is 40.6 Å². The molecule has 0 radical (unpaired) electrons. The molecule has 1 aromatic heterocycles. The highest BCUT2D eigenvalue weighted by Crippen LogP contribution is 2.43. The molecule has 1 aliphatic heterocycles. The molecule has 4 rings (SSSR count). The van der Waals surface area contributed by atoms with Crippen molar-refractivity contribution in [3.05, 3.63) is 33.4 Å². The average molecular weight is 388 g/mol. The van der Waals surface area contributed by atoms with Crippen molar-refractivity contribution in [3.63, 3.8) is 0 Å². The summed E-state index contributed by atoms with van der Waals surface area (Å²) in [4.78, 5) is 38.7. The number of fused-ring (bicyclic) bond motifs is 1. The number of benzene rings is 1. The number of aromatic carboxylic acids is 1. The second-order valence-corrected chi connectivity index (χ2v) is 7.54. The summed E-state index contributed by atoms with van der Waals surface area (Å²) in [6.07, 6.45) is 3.43. The molecule has 28 heavy (non-hydrogen) atoms. The van der Waals surface area contributed by atoms with Gasteiger partial charge in [-0.3, -0.25) is 9.59 Å². The summed E-state index contributed by atoms with van der Waals surface area (Å²) in [6.45, 7) is 2.13. The van der Waals surface area contributed by atoms with Crippen LogP contribution >= 0.6 is 0 Å². The standard InChI is InChI=1S/C19H21FN4O4/c1-8(25)12-16-13(15(22)14(20)17(12)23-5-4-9(21)6-23)18(26)11(19(27)28)7-24(16)10-2-3-10/h7,9-10H,2-6,21-22H2,1H3,(H,27,28). The van der Waals surface area contributed by atoms with E-state index in [1.807, 2.05) is 0 Å². The van der Waals surface area contributed by atoms with E-state index in [0.29, 0.717) is 19.5 Å². The molecular weight excluding hydrogens is 367 g/mol. The number of pyridine rings is 1. The van der Waals surface area contributed by atoms with E-state index in [1.165, 1.54) is 13.1 Å². The molecule has 1 saturated carbocycles. The van der Waals surface area contributed by atoms with Gasteiger partial charge in [-0.2, -0.15) is 0 Å². The molecule has 2 aliphatic rings. The predicted molar refractivity (Wildman–Crippen MR) is 103 cm³/mol. The first-order valence-electron chi connectivity index (χ1n) is 9.16. The minimum atomic E-state index is -1.42. The van der Waals surface area contributed by atoms with Crippen molar-refractivity contribution in [2.24, 2.45) is 5.73 Å². The molecule has 0 bridgehead atoms. The molecule has 5 N–H and O–H groups in total. The van der Waals surface area contributed by atoms with E-state index in [0.717, 1.165) is 12.8 Å². The highest BCUT2D eigenvalue weighted by atomic mass is 19.1. The number of ketones is 1. The second kappa shape index (κ2) is 6.30. The van der Waals surface area contributed by atoms with Crippen LogP contribution in [0.3, 0.4) is 0 Å².